The van der Waals surface area contributed by atoms with Crippen LogP contribution in [0.15, 0.2) is 43.2 Å². The van der Waals surface area contributed by atoms with E-state index in [0.29, 0.717) is 18.9 Å². The molecule has 0 spiro atoms. The van der Waals surface area contributed by atoms with Gasteiger partial charge in [-0.15, -0.1) is 0 Å². The van der Waals surface area contributed by atoms with E-state index in [1.54, 1.807) is 26.6 Å². The van der Waals surface area contributed by atoms with Crippen molar-refractivity contribution < 1.29 is 27.2 Å². The Morgan fingerprint density at radius 1 is 1.30 bits per heavy atom. The Morgan fingerprint density at radius 3 is 2.72 bits per heavy atom. The molecule has 1 atom stereocenters. The summed E-state index contributed by atoms with van der Waals surface area (Å²) in [5.74, 6) is -1.30. The number of carbonyl (C=O) groups excluding carboxylic acids is 2. The summed E-state index contributed by atoms with van der Waals surface area (Å²) in [5.41, 5.74) is -1.49. The number of anilines is 3. The number of nitrogens with one attached hydrogen (secondary N) is 1. The third-order valence-electron chi connectivity index (χ3n) is 7.45. The van der Waals surface area contributed by atoms with Crippen molar-refractivity contribution in [3.05, 3.63) is 71.7 Å². The van der Waals surface area contributed by atoms with E-state index in [4.69, 9.17) is 0 Å². The van der Waals surface area contributed by atoms with Gasteiger partial charge in [-0.25, -0.2) is 19.0 Å². The summed E-state index contributed by atoms with van der Waals surface area (Å²) in [6.45, 7) is 5.88. The molecular formula is C28H27F4N9O2. The zero-order chi connectivity index (χ0) is 31.1. The summed E-state index contributed by atoms with van der Waals surface area (Å²) in [5, 5.41) is 16.9. The standard InChI is InChI=1S/C28H27F4N9O2/c1-4-24(42)40-12-17(13-40)41-15-34-23(37-41)14-39-9-8-21(27(43)38(3)22-7-5-6-20(29)25(22)39)36-26-18(11-33)19(28(30,31)32)10-16(2)35-26/h4-7,10,15,17,21H,1,8-9,12-14H2,2-3H3,(H,35,36)/t21-/m0/s1. The second-order valence-corrected chi connectivity index (χ2v) is 10.3. The number of likely N-dealkylation sites (tertiary alicyclic amines) is 1. The zero-order valence-electron chi connectivity index (χ0n) is 23.3. The van der Waals surface area contributed by atoms with Crippen LogP contribution in [0.3, 0.4) is 0 Å². The fraction of sp³-hybridized carbons (Fsp3) is 0.357. The predicted octanol–water partition coefficient (Wildman–Crippen LogP) is 3.43. The second-order valence-electron chi connectivity index (χ2n) is 10.3. The number of carbonyl (C=O) groups is 2. The number of para-hydroxylation sites is 1. The van der Waals surface area contributed by atoms with Gasteiger partial charge in [0.1, 0.15) is 35.6 Å². The summed E-state index contributed by atoms with van der Waals surface area (Å²) in [6.07, 6.45) is -2.00. The predicted molar refractivity (Wildman–Crippen MR) is 147 cm³/mol. The fourth-order valence-corrected chi connectivity index (χ4v) is 5.19. The molecule has 224 valence electrons. The maximum Gasteiger partial charge on any atom is 0.417 e. The first kappa shape index (κ1) is 29.5. The first-order valence-electron chi connectivity index (χ1n) is 13.3. The van der Waals surface area contributed by atoms with E-state index in [2.05, 4.69) is 27.0 Å². The Bertz CT molecular complexity index is 1630. The number of hydrogen-bond acceptors (Lipinski definition) is 8. The van der Waals surface area contributed by atoms with Crippen molar-refractivity contribution in [3.8, 4) is 6.07 Å². The molecule has 4 heterocycles. The molecule has 0 bridgehead atoms. The fourth-order valence-electron chi connectivity index (χ4n) is 5.19. The topological polar surface area (TPSA) is 123 Å². The molecular weight excluding hydrogens is 570 g/mol. The highest BCUT2D eigenvalue weighted by molar-refractivity contribution is 6.01. The van der Waals surface area contributed by atoms with E-state index >= 15 is 4.39 Å². The van der Waals surface area contributed by atoms with Crippen LogP contribution in [0.5, 0.6) is 0 Å². The van der Waals surface area contributed by atoms with E-state index in [0.717, 1.165) is 6.07 Å². The molecule has 0 saturated carbocycles. The lowest BCUT2D eigenvalue weighted by Crippen LogP contribution is -2.50. The van der Waals surface area contributed by atoms with Gasteiger partial charge >= 0.3 is 6.18 Å². The van der Waals surface area contributed by atoms with Gasteiger partial charge in [-0.2, -0.15) is 23.5 Å². The van der Waals surface area contributed by atoms with Gasteiger partial charge in [0, 0.05) is 32.4 Å². The lowest BCUT2D eigenvalue weighted by molar-refractivity contribution is -0.137. The number of hydrogen-bond donors (Lipinski definition) is 1. The molecule has 1 saturated heterocycles. The minimum absolute atomic E-state index is 0.0135. The number of aryl methyl sites for hydroxylation is 1. The van der Waals surface area contributed by atoms with Crippen LogP contribution < -0.4 is 15.1 Å². The van der Waals surface area contributed by atoms with Crippen LogP contribution in [0.2, 0.25) is 0 Å². The van der Waals surface area contributed by atoms with Gasteiger partial charge in [0.25, 0.3) is 0 Å². The van der Waals surface area contributed by atoms with Crippen LogP contribution in [0.1, 0.15) is 35.1 Å². The molecule has 2 aromatic heterocycles. The molecule has 2 aliphatic heterocycles. The molecule has 1 aromatic carbocycles. The average molecular weight is 598 g/mol. The third-order valence-corrected chi connectivity index (χ3v) is 7.45. The van der Waals surface area contributed by atoms with E-state index < -0.39 is 35.1 Å². The van der Waals surface area contributed by atoms with E-state index in [-0.39, 0.29) is 54.3 Å². The van der Waals surface area contributed by atoms with Gasteiger partial charge in [0.2, 0.25) is 11.8 Å². The van der Waals surface area contributed by atoms with Crippen molar-refractivity contribution in [1.29, 1.82) is 5.26 Å². The smallest absolute Gasteiger partial charge is 0.360 e. The molecule has 5 rings (SSSR count). The number of likely N-dealkylation sites (N-methyl/N-ethyl adjacent to an activating group) is 1. The number of nitriles is 1. The minimum Gasteiger partial charge on any atom is -0.360 e. The number of pyridine rings is 1. The number of nitrogens with zero attached hydrogens (tertiary/aromatic N) is 8. The monoisotopic (exact) mass is 597 g/mol. The highest BCUT2D eigenvalue weighted by Crippen LogP contribution is 2.37. The summed E-state index contributed by atoms with van der Waals surface area (Å²) in [7, 11) is 1.44. The number of aromatic nitrogens is 4. The number of amides is 2. The van der Waals surface area contributed by atoms with E-state index in [1.165, 1.54) is 43.4 Å². The number of fused-ring (bicyclic) bond motifs is 1. The van der Waals surface area contributed by atoms with Crippen LogP contribution >= 0.6 is 0 Å². The number of rotatable bonds is 6. The molecule has 3 aromatic rings. The Hall–Kier alpha value is -5.00. The van der Waals surface area contributed by atoms with Gasteiger partial charge in [0.05, 0.1) is 29.5 Å². The molecule has 11 nitrogen and oxygen atoms in total. The molecule has 15 heteroatoms. The van der Waals surface area contributed by atoms with Crippen molar-refractivity contribution >= 4 is 29.0 Å². The van der Waals surface area contributed by atoms with Crippen LogP contribution in [0, 0.1) is 24.1 Å². The molecule has 2 amide bonds. The van der Waals surface area contributed by atoms with E-state index in [9.17, 15) is 28.0 Å². The van der Waals surface area contributed by atoms with Gasteiger partial charge in [-0.3, -0.25) is 9.59 Å². The maximum atomic E-state index is 15.3. The lowest BCUT2D eigenvalue weighted by atomic mass is 10.0. The number of halogens is 4. The SMILES string of the molecule is C=CC(=O)N1CC(n2cnc(CN3CC[C@H](Nc4nc(C)cc(C(F)(F)F)c4C#N)C(=O)N(C)c4cccc(F)c43)n2)C1. The first-order valence-corrected chi connectivity index (χ1v) is 13.3. The summed E-state index contributed by atoms with van der Waals surface area (Å²) >= 11 is 0. The molecule has 1 fully saturated rings. The molecule has 43 heavy (non-hydrogen) atoms. The molecule has 0 radical (unpaired) electrons. The zero-order valence-corrected chi connectivity index (χ0v) is 23.3. The average Bonchev–Trinajstić information content (AvgIpc) is 3.39. The number of benzene rings is 1. The van der Waals surface area contributed by atoms with Crippen LogP contribution in [-0.2, 0) is 22.3 Å². The molecule has 1 N–H and O–H groups in total. The van der Waals surface area contributed by atoms with Crippen molar-refractivity contribution in [2.45, 2.75) is 38.1 Å². The van der Waals surface area contributed by atoms with Gasteiger partial charge in [-0.05, 0) is 37.6 Å². The third kappa shape index (κ3) is 5.72. The maximum absolute atomic E-state index is 15.3. The minimum atomic E-state index is -4.81. The number of alkyl halides is 3. The Kier molecular flexibility index (Phi) is 7.78. The largest absolute Gasteiger partial charge is 0.417 e. The van der Waals surface area contributed by atoms with Crippen molar-refractivity contribution in [1.82, 2.24) is 24.6 Å². The lowest BCUT2D eigenvalue weighted by Gasteiger charge is -2.38. The van der Waals surface area contributed by atoms with Crippen LogP contribution in [0.4, 0.5) is 34.8 Å². The van der Waals surface area contributed by atoms with Gasteiger partial charge in [-0.1, -0.05) is 12.6 Å². The van der Waals surface area contributed by atoms with Crippen molar-refractivity contribution in [3.63, 3.8) is 0 Å². The highest BCUT2D eigenvalue weighted by Gasteiger charge is 2.38. The summed E-state index contributed by atoms with van der Waals surface area (Å²) < 4.78 is 58.0. The first-order chi connectivity index (χ1) is 20.4. The van der Waals surface area contributed by atoms with Crippen LogP contribution in [0.25, 0.3) is 0 Å². The van der Waals surface area contributed by atoms with Gasteiger partial charge < -0.3 is 20.0 Å². The van der Waals surface area contributed by atoms with Crippen LogP contribution in [-0.4, -0.2) is 69.2 Å². The highest BCUT2D eigenvalue weighted by atomic mass is 19.4. The molecule has 0 aliphatic carbocycles. The van der Waals surface area contributed by atoms with Crippen molar-refractivity contribution in [2.75, 3.05) is 41.8 Å². The van der Waals surface area contributed by atoms with E-state index in [1.807, 2.05) is 0 Å². The normalized spacial score (nSPS) is 17.5. The Labute approximate surface area is 244 Å². The molecule has 2 aliphatic rings. The second kappa shape index (κ2) is 11.3. The molecule has 0 unspecified atom stereocenters. The van der Waals surface area contributed by atoms with Gasteiger partial charge in [0.15, 0.2) is 5.82 Å². The Morgan fingerprint density at radius 2 is 2.05 bits per heavy atom. The Balaban J connectivity index is 1.43. The van der Waals surface area contributed by atoms with Crippen molar-refractivity contribution in [2.24, 2.45) is 0 Å². The summed E-state index contributed by atoms with van der Waals surface area (Å²) in [4.78, 5) is 38.3. The quantitative estimate of drug-likeness (QED) is 0.339. The summed E-state index contributed by atoms with van der Waals surface area (Å²) in [6, 6.07) is 5.45.